The second kappa shape index (κ2) is 7.38. The Morgan fingerprint density at radius 1 is 1.48 bits per heavy atom. The molecule has 1 aromatic rings. The van der Waals surface area contributed by atoms with Crippen molar-refractivity contribution in [2.75, 3.05) is 31.6 Å². The standard InChI is InChI=1S/C15H23N3O3/c1-3-13-11-21-8-7-17(13)10-12-9-14(18(19)20)5-6-15(12)16-4-2/h5-6,9,13,16H,3-4,7-8,10-11H2,1-2H3. The van der Waals surface area contributed by atoms with Crippen LogP contribution in [0.2, 0.25) is 0 Å². The number of ether oxygens (including phenoxy) is 1. The van der Waals surface area contributed by atoms with Crippen LogP contribution in [0.3, 0.4) is 0 Å². The van der Waals surface area contributed by atoms with Crippen molar-refractivity contribution in [2.24, 2.45) is 0 Å². The molecule has 6 nitrogen and oxygen atoms in total. The van der Waals surface area contributed by atoms with Gasteiger partial charge in [0.2, 0.25) is 0 Å². The van der Waals surface area contributed by atoms with Gasteiger partial charge in [0, 0.05) is 43.5 Å². The van der Waals surface area contributed by atoms with Gasteiger partial charge in [0.25, 0.3) is 5.69 Å². The van der Waals surface area contributed by atoms with Gasteiger partial charge in [-0.15, -0.1) is 0 Å². The van der Waals surface area contributed by atoms with E-state index in [4.69, 9.17) is 4.74 Å². The zero-order valence-electron chi connectivity index (χ0n) is 12.7. The van der Waals surface area contributed by atoms with Gasteiger partial charge in [-0.3, -0.25) is 15.0 Å². The molecule has 1 aromatic carbocycles. The average molecular weight is 293 g/mol. The van der Waals surface area contributed by atoms with Crippen molar-refractivity contribution in [3.63, 3.8) is 0 Å². The summed E-state index contributed by atoms with van der Waals surface area (Å²) in [6.45, 7) is 8.01. The van der Waals surface area contributed by atoms with Gasteiger partial charge in [-0.1, -0.05) is 6.92 Å². The van der Waals surface area contributed by atoms with Gasteiger partial charge >= 0.3 is 0 Å². The molecule has 1 fully saturated rings. The minimum absolute atomic E-state index is 0.146. The Hall–Kier alpha value is -1.66. The van der Waals surface area contributed by atoms with Gasteiger partial charge < -0.3 is 10.1 Å². The molecule has 1 saturated heterocycles. The molecule has 0 aromatic heterocycles. The van der Waals surface area contributed by atoms with Crippen molar-refractivity contribution >= 4 is 11.4 Å². The quantitative estimate of drug-likeness (QED) is 0.645. The molecule has 0 radical (unpaired) electrons. The highest BCUT2D eigenvalue weighted by molar-refractivity contribution is 5.56. The van der Waals surface area contributed by atoms with E-state index in [1.165, 1.54) is 0 Å². The first-order valence-corrected chi connectivity index (χ1v) is 7.48. The van der Waals surface area contributed by atoms with Crippen LogP contribution in [-0.2, 0) is 11.3 Å². The summed E-state index contributed by atoms with van der Waals surface area (Å²) >= 11 is 0. The molecule has 0 spiro atoms. The Kier molecular flexibility index (Phi) is 5.52. The Bertz CT molecular complexity index is 493. The number of hydrogen-bond acceptors (Lipinski definition) is 5. The number of nitro benzene ring substituents is 1. The van der Waals surface area contributed by atoms with Crippen LogP contribution in [0.1, 0.15) is 25.8 Å². The zero-order chi connectivity index (χ0) is 15.2. The number of nitro groups is 1. The first-order chi connectivity index (χ1) is 10.2. The van der Waals surface area contributed by atoms with E-state index in [0.29, 0.717) is 12.6 Å². The number of nitrogens with zero attached hydrogens (tertiary/aromatic N) is 2. The average Bonchev–Trinajstić information content (AvgIpc) is 2.49. The van der Waals surface area contributed by atoms with Gasteiger partial charge in [0.1, 0.15) is 0 Å². The summed E-state index contributed by atoms with van der Waals surface area (Å²) in [5, 5.41) is 14.3. The summed E-state index contributed by atoms with van der Waals surface area (Å²) < 4.78 is 5.52. The number of morpholine rings is 1. The van der Waals surface area contributed by atoms with E-state index in [0.717, 1.165) is 44.0 Å². The van der Waals surface area contributed by atoms with Crippen LogP contribution in [-0.4, -0.2) is 42.2 Å². The fourth-order valence-electron chi connectivity index (χ4n) is 2.68. The van der Waals surface area contributed by atoms with Crippen LogP contribution < -0.4 is 5.32 Å². The second-order valence-corrected chi connectivity index (χ2v) is 5.24. The largest absolute Gasteiger partial charge is 0.385 e. The smallest absolute Gasteiger partial charge is 0.269 e. The number of anilines is 1. The van der Waals surface area contributed by atoms with Crippen LogP contribution in [0.5, 0.6) is 0 Å². The van der Waals surface area contributed by atoms with Crippen LogP contribution >= 0.6 is 0 Å². The molecule has 2 rings (SSSR count). The van der Waals surface area contributed by atoms with Gasteiger partial charge in [-0.2, -0.15) is 0 Å². The van der Waals surface area contributed by atoms with E-state index in [9.17, 15) is 10.1 Å². The number of rotatable bonds is 6. The highest BCUT2D eigenvalue weighted by Gasteiger charge is 2.23. The molecule has 1 unspecified atom stereocenters. The Balaban J connectivity index is 2.22. The maximum atomic E-state index is 11.0. The summed E-state index contributed by atoms with van der Waals surface area (Å²) in [6.07, 6.45) is 1.02. The maximum absolute atomic E-state index is 11.0. The molecule has 1 aliphatic rings. The molecule has 1 atom stereocenters. The van der Waals surface area contributed by atoms with Crippen LogP contribution in [0.15, 0.2) is 18.2 Å². The van der Waals surface area contributed by atoms with E-state index in [-0.39, 0.29) is 10.6 Å². The molecule has 0 aliphatic carbocycles. The Morgan fingerprint density at radius 2 is 2.29 bits per heavy atom. The molecule has 0 bridgehead atoms. The predicted octanol–water partition coefficient (Wildman–Crippen LogP) is 2.64. The molecule has 1 aliphatic heterocycles. The summed E-state index contributed by atoms with van der Waals surface area (Å²) in [6, 6.07) is 5.42. The third-order valence-corrected chi connectivity index (χ3v) is 3.86. The summed E-state index contributed by atoms with van der Waals surface area (Å²) in [7, 11) is 0. The zero-order valence-corrected chi connectivity index (χ0v) is 12.7. The fourth-order valence-corrected chi connectivity index (χ4v) is 2.68. The first-order valence-electron chi connectivity index (χ1n) is 7.48. The van der Waals surface area contributed by atoms with Crippen molar-refractivity contribution in [1.82, 2.24) is 4.90 Å². The third kappa shape index (κ3) is 3.92. The van der Waals surface area contributed by atoms with Crippen molar-refractivity contribution in [1.29, 1.82) is 0 Å². The lowest BCUT2D eigenvalue weighted by Gasteiger charge is -2.35. The highest BCUT2D eigenvalue weighted by Crippen LogP contribution is 2.25. The van der Waals surface area contributed by atoms with Crippen molar-refractivity contribution in [3.8, 4) is 0 Å². The van der Waals surface area contributed by atoms with E-state index in [1.54, 1.807) is 18.2 Å². The molecule has 6 heteroatoms. The molecule has 0 saturated carbocycles. The predicted molar refractivity (Wildman–Crippen MR) is 82.6 cm³/mol. The second-order valence-electron chi connectivity index (χ2n) is 5.24. The lowest BCUT2D eigenvalue weighted by molar-refractivity contribution is -0.384. The van der Waals surface area contributed by atoms with Gasteiger partial charge in [0.15, 0.2) is 0 Å². The maximum Gasteiger partial charge on any atom is 0.269 e. The van der Waals surface area contributed by atoms with E-state index in [1.807, 2.05) is 6.92 Å². The monoisotopic (exact) mass is 293 g/mol. The molecular formula is C15H23N3O3. The summed E-state index contributed by atoms with van der Waals surface area (Å²) in [5.41, 5.74) is 2.10. The van der Waals surface area contributed by atoms with Crippen molar-refractivity contribution in [3.05, 3.63) is 33.9 Å². The normalized spacial score (nSPS) is 19.4. The minimum atomic E-state index is -0.337. The topological polar surface area (TPSA) is 67.6 Å². The van der Waals surface area contributed by atoms with Gasteiger partial charge in [0.05, 0.1) is 18.1 Å². The van der Waals surface area contributed by atoms with E-state index in [2.05, 4.69) is 17.1 Å². The third-order valence-electron chi connectivity index (χ3n) is 3.86. The highest BCUT2D eigenvalue weighted by atomic mass is 16.6. The number of hydrogen-bond donors (Lipinski definition) is 1. The van der Waals surface area contributed by atoms with Crippen LogP contribution in [0.4, 0.5) is 11.4 Å². The number of nitrogens with one attached hydrogen (secondary N) is 1. The van der Waals surface area contributed by atoms with Crippen LogP contribution in [0, 0.1) is 10.1 Å². The van der Waals surface area contributed by atoms with E-state index >= 15 is 0 Å². The van der Waals surface area contributed by atoms with Gasteiger partial charge in [-0.25, -0.2) is 0 Å². The van der Waals surface area contributed by atoms with Crippen molar-refractivity contribution < 1.29 is 9.66 Å². The lowest BCUT2D eigenvalue weighted by atomic mass is 10.1. The van der Waals surface area contributed by atoms with Gasteiger partial charge in [-0.05, 0) is 25.0 Å². The molecular weight excluding hydrogens is 270 g/mol. The fraction of sp³-hybridized carbons (Fsp3) is 0.600. The Labute approximate surface area is 125 Å². The molecule has 0 amide bonds. The van der Waals surface area contributed by atoms with E-state index < -0.39 is 0 Å². The minimum Gasteiger partial charge on any atom is -0.385 e. The summed E-state index contributed by atoms with van der Waals surface area (Å²) in [5.74, 6) is 0. The van der Waals surface area contributed by atoms with Crippen LogP contribution in [0.25, 0.3) is 0 Å². The molecule has 21 heavy (non-hydrogen) atoms. The lowest BCUT2D eigenvalue weighted by Crippen LogP contribution is -2.44. The first kappa shape index (κ1) is 15.7. The molecule has 1 heterocycles. The van der Waals surface area contributed by atoms with Crippen molar-refractivity contribution in [2.45, 2.75) is 32.9 Å². The number of non-ortho nitro benzene ring substituents is 1. The molecule has 116 valence electrons. The Morgan fingerprint density at radius 3 is 2.95 bits per heavy atom. The SMILES string of the molecule is CCNc1ccc([N+](=O)[O-])cc1CN1CCOCC1CC. The number of benzene rings is 1. The summed E-state index contributed by atoms with van der Waals surface area (Å²) in [4.78, 5) is 13.0. The molecule has 1 N–H and O–H groups in total.